The van der Waals surface area contributed by atoms with Gasteiger partial charge in [0, 0.05) is 24.2 Å². The molecular formula is C14H9F4NO2. The maximum Gasteiger partial charge on any atom is 0.335 e. The highest BCUT2D eigenvalue weighted by Gasteiger charge is 2.13. The lowest BCUT2D eigenvalue weighted by atomic mass is 10.1. The first-order valence-corrected chi connectivity index (χ1v) is 5.78. The maximum absolute atomic E-state index is 13.5. The molecule has 2 N–H and O–H groups in total. The lowest BCUT2D eigenvalue weighted by Crippen LogP contribution is -2.07. The van der Waals surface area contributed by atoms with E-state index >= 15 is 0 Å². The molecule has 0 heterocycles. The molecule has 0 spiro atoms. The van der Waals surface area contributed by atoms with Gasteiger partial charge in [0.15, 0.2) is 11.6 Å². The summed E-state index contributed by atoms with van der Waals surface area (Å²) in [4.78, 5) is 10.8. The van der Waals surface area contributed by atoms with Crippen LogP contribution in [0.5, 0.6) is 0 Å². The van der Waals surface area contributed by atoms with Crippen LogP contribution in [0, 0.1) is 23.3 Å². The average Bonchev–Trinajstić information content (AvgIpc) is 2.39. The van der Waals surface area contributed by atoms with Crippen molar-refractivity contribution in [2.24, 2.45) is 0 Å². The fourth-order valence-corrected chi connectivity index (χ4v) is 1.74. The van der Waals surface area contributed by atoms with Crippen LogP contribution < -0.4 is 5.32 Å². The molecule has 0 saturated carbocycles. The van der Waals surface area contributed by atoms with Gasteiger partial charge < -0.3 is 10.4 Å². The van der Waals surface area contributed by atoms with Crippen LogP contribution in [0.15, 0.2) is 30.3 Å². The van der Waals surface area contributed by atoms with E-state index in [1.54, 1.807) is 0 Å². The molecule has 3 nitrogen and oxygen atoms in total. The molecule has 0 unspecified atom stereocenters. The van der Waals surface area contributed by atoms with Crippen molar-refractivity contribution in [3.8, 4) is 0 Å². The molecule has 0 aliphatic carbocycles. The van der Waals surface area contributed by atoms with Crippen LogP contribution >= 0.6 is 0 Å². The zero-order chi connectivity index (χ0) is 15.6. The average molecular weight is 299 g/mol. The van der Waals surface area contributed by atoms with E-state index in [0.717, 1.165) is 18.2 Å². The molecule has 7 heteroatoms. The first-order valence-electron chi connectivity index (χ1n) is 5.78. The second-order valence-corrected chi connectivity index (χ2v) is 4.21. The predicted molar refractivity (Wildman–Crippen MR) is 67.0 cm³/mol. The largest absolute Gasteiger partial charge is 0.478 e. The molecule has 0 aliphatic rings. The molecule has 0 fully saturated rings. The van der Waals surface area contributed by atoms with Crippen molar-refractivity contribution in [2.75, 3.05) is 5.32 Å². The number of hydrogen-bond acceptors (Lipinski definition) is 2. The number of nitrogens with one attached hydrogen (secondary N) is 1. The van der Waals surface area contributed by atoms with Crippen molar-refractivity contribution in [1.82, 2.24) is 0 Å². The Kier molecular flexibility index (Phi) is 4.11. The van der Waals surface area contributed by atoms with Crippen LogP contribution in [0.25, 0.3) is 0 Å². The van der Waals surface area contributed by atoms with Gasteiger partial charge >= 0.3 is 5.97 Å². The van der Waals surface area contributed by atoms with Crippen molar-refractivity contribution in [2.45, 2.75) is 6.54 Å². The van der Waals surface area contributed by atoms with E-state index in [0.29, 0.717) is 12.1 Å². The molecule has 0 saturated heterocycles. The normalized spacial score (nSPS) is 10.5. The van der Waals surface area contributed by atoms with E-state index in [4.69, 9.17) is 5.11 Å². The van der Waals surface area contributed by atoms with E-state index in [9.17, 15) is 22.4 Å². The first-order chi connectivity index (χ1) is 9.88. The molecule has 2 aromatic carbocycles. The van der Waals surface area contributed by atoms with Gasteiger partial charge in [0.1, 0.15) is 17.3 Å². The lowest BCUT2D eigenvalue weighted by Gasteiger charge is -2.10. The highest BCUT2D eigenvalue weighted by Crippen LogP contribution is 2.21. The fraction of sp³-hybridized carbons (Fsp3) is 0.0714. The Morgan fingerprint density at radius 3 is 2.19 bits per heavy atom. The van der Waals surface area contributed by atoms with E-state index in [2.05, 4.69) is 5.32 Å². The van der Waals surface area contributed by atoms with Gasteiger partial charge in [-0.15, -0.1) is 0 Å². The number of benzene rings is 2. The maximum atomic E-state index is 13.5. The van der Waals surface area contributed by atoms with Crippen molar-refractivity contribution >= 4 is 11.7 Å². The quantitative estimate of drug-likeness (QED) is 0.849. The third-order valence-electron chi connectivity index (χ3n) is 2.76. The summed E-state index contributed by atoms with van der Waals surface area (Å²) >= 11 is 0. The molecule has 110 valence electrons. The van der Waals surface area contributed by atoms with Gasteiger partial charge in [0.2, 0.25) is 0 Å². The SMILES string of the molecule is O=C(O)c1ccc(F)c(CNc2c(F)cc(F)cc2F)c1. The molecule has 0 bridgehead atoms. The Morgan fingerprint density at radius 1 is 1.00 bits per heavy atom. The van der Waals surface area contributed by atoms with Crippen LogP contribution in [0.3, 0.4) is 0 Å². The van der Waals surface area contributed by atoms with Crippen LogP contribution in [0.2, 0.25) is 0 Å². The van der Waals surface area contributed by atoms with Crippen LogP contribution in [0.1, 0.15) is 15.9 Å². The Hall–Kier alpha value is -2.57. The smallest absolute Gasteiger partial charge is 0.335 e. The fourth-order valence-electron chi connectivity index (χ4n) is 1.74. The van der Waals surface area contributed by atoms with Crippen LogP contribution in [-0.4, -0.2) is 11.1 Å². The summed E-state index contributed by atoms with van der Waals surface area (Å²) in [7, 11) is 0. The van der Waals surface area contributed by atoms with E-state index in [1.807, 2.05) is 0 Å². The number of carbonyl (C=O) groups is 1. The molecule has 0 aromatic heterocycles. The first kappa shape index (κ1) is 14.8. The minimum absolute atomic E-state index is 0.0852. The molecule has 2 rings (SSSR count). The molecule has 0 amide bonds. The number of anilines is 1. The summed E-state index contributed by atoms with van der Waals surface area (Å²) in [5, 5.41) is 11.1. The summed E-state index contributed by atoms with van der Waals surface area (Å²) in [5.41, 5.74) is -0.859. The van der Waals surface area contributed by atoms with Crippen molar-refractivity contribution < 1.29 is 27.5 Å². The molecule has 2 aromatic rings. The van der Waals surface area contributed by atoms with Gasteiger partial charge in [-0.1, -0.05) is 0 Å². The standard InChI is InChI=1S/C14H9F4NO2/c15-9-4-11(17)13(12(18)5-9)19-6-8-3-7(14(20)21)1-2-10(8)16/h1-5,19H,6H2,(H,20,21). The summed E-state index contributed by atoms with van der Waals surface area (Å²) in [6.45, 7) is -0.355. The second-order valence-electron chi connectivity index (χ2n) is 4.21. The molecule has 21 heavy (non-hydrogen) atoms. The van der Waals surface area contributed by atoms with Crippen LogP contribution in [-0.2, 0) is 6.54 Å². The summed E-state index contributed by atoms with van der Waals surface area (Å²) < 4.78 is 53.0. The lowest BCUT2D eigenvalue weighted by molar-refractivity contribution is 0.0696. The van der Waals surface area contributed by atoms with Gasteiger partial charge in [0.05, 0.1) is 5.56 Å². The van der Waals surface area contributed by atoms with Crippen LogP contribution in [0.4, 0.5) is 23.2 Å². The van der Waals surface area contributed by atoms with Gasteiger partial charge in [-0.25, -0.2) is 22.4 Å². The zero-order valence-electron chi connectivity index (χ0n) is 10.5. The molecule has 0 radical (unpaired) electrons. The Balaban J connectivity index is 2.24. The van der Waals surface area contributed by atoms with E-state index < -0.39 is 34.9 Å². The Bertz CT molecular complexity index is 680. The summed E-state index contributed by atoms with van der Waals surface area (Å²) in [6, 6.07) is 4.02. The monoisotopic (exact) mass is 299 g/mol. The third-order valence-corrected chi connectivity index (χ3v) is 2.76. The van der Waals surface area contributed by atoms with E-state index in [1.165, 1.54) is 0 Å². The topological polar surface area (TPSA) is 49.3 Å². The van der Waals surface area contributed by atoms with Gasteiger partial charge in [0.25, 0.3) is 0 Å². The minimum atomic E-state index is -1.25. The van der Waals surface area contributed by atoms with Crippen molar-refractivity contribution in [3.63, 3.8) is 0 Å². The highest BCUT2D eigenvalue weighted by atomic mass is 19.1. The van der Waals surface area contributed by atoms with Gasteiger partial charge in [-0.3, -0.25) is 0 Å². The number of rotatable bonds is 4. The third kappa shape index (κ3) is 3.31. The van der Waals surface area contributed by atoms with Crippen molar-refractivity contribution in [3.05, 3.63) is 64.7 Å². The van der Waals surface area contributed by atoms with Gasteiger partial charge in [-0.2, -0.15) is 0 Å². The zero-order valence-corrected chi connectivity index (χ0v) is 10.5. The molecular weight excluding hydrogens is 290 g/mol. The minimum Gasteiger partial charge on any atom is -0.478 e. The van der Waals surface area contributed by atoms with E-state index in [-0.39, 0.29) is 17.7 Å². The number of hydrogen-bond donors (Lipinski definition) is 2. The van der Waals surface area contributed by atoms with Gasteiger partial charge in [-0.05, 0) is 18.2 Å². The Morgan fingerprint density at radius 2 is 1.62 bits per heavy atom. The number of carboxylic acid groups (broad SMARTS) is 1. The summed E-state index contributed by atoms with van der Waals surface area (Å²) in [6.07, 6.45) is 0. The van der Waals surface area contributed by atoms with Crippen molar-refractivity contribution in [1.29, 1.82) is 0 Å². The number of halogens is 4. The highest BCUT2D eigenvalue weighted by molar-refractivity contribution is 5.87. The Labute approximate surface area is 116 Å². The molecule has 0 aliphatic heterocycles. The predicted octanol–water partition coefficient (Wildman–Crippen LogP) is 3.55. The molecule has 0 atom stereocenters. The summed E-state index contributed by atoms with van der Waals surface area (Å²) in [5.74, 6) is -5.38. The second kappa shape index (κ2) is 5.82. The number of carboxylic acids is 1. The number of aromatic carboxylic acids is 1.